The van der Waals surface area contributed by atoms with E-state index in [-0.39, 0.29) is 0 Å². The lowest BCUT2D eigenvalue weighted by Gasteiger charge is -2.31. The third kappa shape index (κ3) is 2.87. The van der Waals surface area contributed by atoms with Gasteiger partial charge in [0, 0.05) is 30.9 Å². The Labute approximate surface area is 104 Å². The Balaban J connectivity index is 2.12. The van der Waals surface area contributed by atoms with Crippen molar-refractivity contribution in [3.63, 3.8) is 0 Å². The minimum atomic E-state index is 0.523. The molecule has 0 aromatic carbocycles. The summed E-state index contributed by atoms with van der Waals surface area (Å²) in [7, 11) is 4.21. The summed E-state index contributed by atoms with van der Waals surface area (Å²) in [6, 6.07) is 2.72. The third-order valence-corrected chi connectivity index (χ3v) is 3.66. The van der Waals surface area contributed by atoms with Crippen molar-refractivity contribution in [3.8, 4) is 0 Å². The molecule has 0 aliphatic carbocycles. The van der Waals surface area contributed by atoms with Crippen molar-refractivity contribution in [2.45, 2.75) is 31.7 Å². The van der Waals surface area contributed by atoms with Crippen molar-refractivity contribution in [1.29, 1.82) is 0 Å². The van der Waals surface area contributed by atoms with Crippen LogP contribution in [0.15, 0.2) is 12.3 Å². The molecule has 0 amide bonds. The Kier molecular flexibility index (Phi) is 4.18. The zero-order chi connectivity index (χ0) is 12.3. The van der Waals surface area contributed by atoms with Gasteiger partial charge in [-0.15, -0.1) is 0 Å². The van der Waals surface area contributed by atoms with Gasteiger partial charge in [0.15, 0.2) is 0 Å². The summed E-state index contributed by atoms with van der Waals surface area (Å²) in [5.41, 5.74) is 1.36. The molecule has 2 rings (SSSR count). The first kappa shape index (κ1) is 12.6. The van der Waals surface area contributed by atoms with Crippen LogP contribution in [0.1, 0.15) is 37.4 Å². The molecule has 0 saturated carbocycles. The summed E-state index contributed by atoms with van der Waals surface area (Å²) in [5, 5.41) is 7.78. The highest BCUT2D eigenvalue weighted by Crippen LogP contribution is 2.24. The Morgan fingerprint density at radius 2 is 2.41 bits per heavy atom. The van der Waals surface area contributed by atoms with E-state index in [4.69, 9.17) is 0 Å². The lowest BCUT2D eigenvalue weighted by molar-refractivity contribution is 0.198. The van der Waals surface area contributed by atoms with Crippen LogP contribution in [0, 0.1) is 0 Å². The van der Waals surface area contributed by atoms with E-state index in [1.165, 1.54) is 25.1 Å². The number of aromatic nitrogens is 2. The van der Waals surface area contributed by atoms with Crippen LogP contribution in [-0.4, -0.2) is 48.4 Å². The number of hydrogen-bond donors (Lipinski definition) is 1. The molecule has 96 valence electrons. The van der Waals surface area contributed by atoms with E-state index in [0.717, 1.165) is 13.1 Å². The van der Waals surface area contributed by atoms with Crippen LogP contribution in [0.4, 0.5) is 0 Å². The second kappa shape index (κ2) is 5.65. The number of hydrogen-bond acceptors (Lipinski definition) is 3. The highest BCUT2D eigenvalue weighted by Gasteiger charge is 2.22. The van der Waals surface area contributed by atoms with Crippen LogP contribution in [0.2, 0.25) is 0 Å². The van der Waals surface area contributed by atoms with Crippen LogP contribution in [0.5, 0.6) is 0 Å². The van der Waals surface area contributed by atoms with Gasteiger partial charge in [-0.2, -0.15) is 5.10 Å². The highest BCUT2D eigenvalue weighted by atomic mass is 15.3. The molecule has 2 atom stereocenters. The number of nitrogens with one attached hydrogen (secondary N) is 1. The molecule has 2 unspecified atom stereocenters. The van der Waals surface area contributed by atoms with Gasteiger partial charge in [0.05, 0.1) is 6.04 Å². The minimum Gasteiger partial charge on any atom is -0.319 e. The maximum atomic E-state index is 4.54. The Morgan fingerprint density at radius 1 is 1.59 bits per heavy atom. The number of rotatable bonds is 4. The molecule has 1 N–H and O–H groups in total. The molecule has 1 aliphatic heterocycles. The number of likely N-dealkylation sites (N-methyl/N-ethyl adjacent to an activating group) is 2. The monoisotopic (exact) mass is 236 g/mol. The summed E-state index contributed by atoms with van der Waals surface area (Å²) in [4.78, 5) is 2.41. The predicted octanol–water partition coefficient (Wildman–Crippen LogP) is 1.47. The van der Waals surface area contributed by atoms with Crippen molar-refractivity contribution < 1.29 is 0 Å². The highest BCUT2D eigenvalue weighted by molar-refractivity contribution is 5.09. The van der Waals surface area contributed by atoms with Gasteiger partial charge in [-0.3, -0.25) is 4.68 Å². The third-order valence-electron chi connectivity index (χ3n) is 3.66. The summed E-state index contributed by atoms with van der Waals surface area (Å²) >= 11 is 0. The van der Waals surface area contributed by atoms with Crippen LogP contribution < -0.4 is 5.32 Å². The number of likely N-dealkylation sites (tertiary alicyclic amines) is 1. The van der Waals surface area contributed by atoms with E-state index in [1.807, 2.05) is 13.2 Å². The first-order valence-corrected chi connectivity index (χ1v) is 6.59. The normalized spacial score (nSPS) is 23.8. The Hall–Kier alpha value is -0.870. The minimum absolute atomic E-state index is 0.523. The fourth-order valence-corrected chi connectivity index (χ4v) is 2.77. The van der Waals surface area contributed by atoms with E-state index < -0.39 is 0 Å². The van der Waals surface area contributed by atoms with Crippen molar-refractivity contribution >= 4 is 0 Å². The number of nitrogens with zero attached hydrogens (tertiary/aromatic N) is 3. The lowest BCUT2D eigenvalue weighted by Crippen LogP contribution is -2.35. The van der Waals surface area contributed by atoms with Crippen LogP contribution in [0.3, 0.4) is 0 Å². The first-order valence-electron chi connectivity index (χ1n) is 6.59. The molecule has 2 heterocycles. The smallest absolute Gasteiger partial charge is 0.0649 e. The molecule has 1 aromatic rings. The van der Waals surface area contributed by atoms with Crippen molar-refractivity contribution in [2.24, 2.45) is 0 Å². The first-order chi connectivity index (χ1) is 8.22. The van der Waals surface area contributed by atoms with Gasteiger partial charge < -0.3 is 10.2 Å². The summed E-state index contributed by atoms with van der Waals surface area (Å²) in [5.74, 6) is 0.523. The molecule has 4 nitrogen and oxygen atoms in total. The van der Waals surface area contributed by atoms with Gasteiger partial charge in [-0.05, 0) is 39.5 Å². The van der Waals surface area contributed by atoms with Gasteiger partial charge in [0.2, 0.25) is 0 Å². The topological polar surface area (TPSA) is 33.1 Å². The van der Waals surface area contributed by atoms with Gasteiger partial charge in [-0.25, -0.2) is 0 Å². The molecule has 1 aromatic heterocycles. The Bertz CT molecular complexity index is 347. The van der Waals surface area contributed by atoms with E-state index in [1.54, 1.807) is 0 Å². The van der Waals surface area contributed by atoms with E-state index >= 15 is 0 Å². The van der Waals surface area contributed by atoms with Gasteiger partial charge in [0.25, 0.3) is 0 Å². The van der Waals surface area contributed by atoms with Crippen LogP contribution >= 0.6 is 0 Å². The molecule has 0 spiro atoms. The van der Waals surface area contributed by atoms with Gasteiger partial charge >= 0.3 is 0 Å². The van der Waals surface area contributed by atoms with Gasteiger partial charge in [-0.1, -0.05) is 6.92 Å². The largest absolute Gasteiger partial charge is 0.319 e. The SMILES string of the molecule is CNCC(C)c1ccnn1C1CCCN(C)C1. The standard InChI is InChI=1S/C13H24N4/c1-11(9-14-2)13-6-7-15-17(13)12-5-4-8-16(3)10-12/h6-7,11-12,14H,4-5,8-10H2,1-3H3. The lowest BCUT2D eigenvalue weighted by atomic mass is 10.0. The van der Waals surface area contributed by atoms with Crippen molar-refractivity contribution in [2.75, 3.05) is 33.7 Å². The van der Waals surface area contributed by atoms with Crippen molar-refractivity contribution in [3.05, 3.63) is 18.0 Å². The number of piperidine rings is 1. The molecular weight excluding hydrogens is 212 g/mol. The molecule has 1 saturated heterocycles. The summed E-state index contributed by atoms with van der Waals surface area (Å²) < 4.78 is 2.25. The molecule has 0 radical (unpaired) electrons. The molecule has 0 bridgehead atoms. The van der Waals surface area contributed by atoms with E-state index in [9.17, 15) is 0 Å². The average molecular weight is 236 g/mol. The van der Waals surface area contributed by atoms with E-state index in [2.05, 4.69) is 40.0 Å². The molecule has 1 aliphatic rings. The fourth-order valence-electron chi connectivity index (χ4n) is 2.77. The van der Waals surface area contributed by atoms with Gasteiger partial charge in [0.1, 0.15) is 0 Å². The molecule has 1 fully saturated rings. The fraction of sp³-hybridized carbons (Fsp3) is 0.769. The molecule has 17 heavy (non-hydrogen) atoms. The maximum Gasteiger partial charge on any atom is 0.0649 e. The average Bonchev–Trinajstić information content (AvgIpc) is 2.78. The second-order valence-electron chi connectivity index (χ2n) is 5.22. The predicted molar refractivity (Wildman–Crippen MR) is 70.3 cm³/mol. The second-order valence-corrected chi connectivity index (χ2v) is 5.22. The van der Waals surface area contributed by atoms with Crippen molar-refractivity contribution in [1.82, 2.24) is 20.0 Å². The quantitative estimate of drug-likeness (QED) is 0.859. The molecular formula is C13H24N4. The molecule has 4 heteroatoms. The maximum absolute atomic E-state index is 4.54. The Morgan fingerprint density at radius 3 is 3.12 bits per heavy atom. The summed E-state index contributed by atoms with van der Waals surface area (Å²) in [6.45, 7) is 5.62. The van der Waals surface area contributed by atoms with E-state index in [0.29, 0.717) is 12.0 Å². The van der Waals surface area contributed by atoms with Crippen LogP contribution in [0.25, 0.3) is 0 Å². The zero-order valence-electron chi connectivity index (χ0n) is 11.2. The summed E-state index contributed by atoms with van der Waals surface area (Å²) in [6.07, 6.45) is 4.47. The zero-order valence-corrected chi connectivity index (χ0v) is 11.2. The van der Waals surface area contributed by atoms with Crippen LogP contribution in [-0.2, 0) is 0 Å².